The summed E-state index contributed by atoms with van der Waals surface area (Å²) in [6, 6.07) is 59.8. The number of carbonyl (C=O) groups is 2. The molecule has 0 aromatic heterocycles. The Morgan fingerprint density at radius 2 is 0.562 bits per heavy atom. The normalized spacial score (nSPS) is 13.3. The second-order valence-electron chi connectivity index (χ2n) is 38.9. The van der Waals surface area contributed by atoms with Crippen LogP contribution in [0.2, 0.25) is 0 Å². The quantitative estimate of drug-likeness (QED) is 0.0130. The third-order valence-corrected chi connectivity index (χ3v) is 26.5. The maximum Gasteiger partial charge on any atom is 0.316 e. The van der Waals surface area contributed by atoms with Gasteiger partial charge in [-0.3, -0.25) is 9.59 Å². The molecule has 0 aliphatic rings. The lowest BCUT2D eigenvalue weighted by Gasteiger charge is -2.25. The van der Waals surface area contributed by atoms with Gasteiger partial charge in [0.2, 0.25) is 0 Å². The highest BCUT2D eigenvalue weighted by atomic mass is 16.6. The summed E-state index contributed by atoms with van der Waals surface area (Å²) in [7, 11) is 8.33. The third-order valence-electron chi connectivity index (χ3n) is 26.5. The lowest BCUT2D eigenvalue weighted by molar-refractivity contribution is -0.154. The molecule has 9 aromatic rings. The lowest BCUT2D eigenvalue weighted by Crippen LogP contribution is -2.28. The Bertz CT molecular complexity index is 4780. The van der Waals surface area contributed by atoms with Gasteiger partial charge in [-0.05, 0) is 314 Å². The Balaban J connectivity index is 0.000000772. The molecule has 9 aromatic carbocycles. The fourth-order valence-electron chi connectivity index (χ4n) is 13.7. The van der Waals surface area contributed by atoms with Crippen molar-refractivity contribution in [1.82, 2.24) is 0 Å². The Kier molecular flexibility index (Phi) is 58.2. The summed E-state index contributed by atoms with van der Waals surface area (Å²) >= 11 is 0. The van der Waals surface area contributed by atoms with Crippen LogP contribution in [0.3, 0.4) is 0 Å². The number of phenolic OH excluding ortho intramolecular Hbond substituents is 2. The van der Waals surface area contributed by atoms with Gasteiger partial charge in [0, 0.05) is 75.9 Å². The van der Waals surface area contributed by atoms with Crippen LogP contribution in [-0.4, -0.2) is 93.4 Å². The first-order chi connectivity index (χ1) is 64.3. The zero-order valence-electron chi connectivity index (χ0n) is 90.3. The number of benzene rings is 9. The Hall–Kier alpha value is -9.28. The van der Waals surface area contributed by atoms with E-state index in [9.17, 15) is 40.2 Å². The number of aliphatic hydroxyl groups excluding tert-OH is 4. The molecule has 0 saturated carbocycles. The third kappa shape index (κ3) is 43.2. The van der Waals surface area contributed by atoms with Crippen molar-refractivity contribution in [1.29, 1.82) is 0 Å². The topological polar surface area (TPSA) is 281 Å². The molecule has 9 unspecified atom stereocenters. The van der Waals surface area contributed by atoms with Crippen molar-refractivity contribution < 1.29 is 88.7 Å². The summed E-state index contributed by atoms with van der Waals surface area (Å²) < 4.78 is 36.8. The van der Waals surface area contributed by atoms with Gasteiger partial charge in [0.25, 0.3) is 0 Å². The minimum absolute atomic E-state index is 0.00653. The van der Waals surface area contributed by atoms with E-state index >= 15 is 0 Å². The minimum atomic E-state index is -0.728. The van der Waals surface area contributed by atoms with E-state index in [-0.39, 0.29) is 60.6 Å². The summed E-state index contributed by atoms with van der Waals surface area (Å²) in [5.41, 5.74) is 17.3. The number of ether oxygens (including phenoxy) is 7. The van der Waals surface area contributed by atoms with Gasteiger partial charge in [0.05, 0.1) is 68.0 Å². The first kappa shape index (κ1) is 126. The van der Waals surface area contributed by atoms with Crippen LogP contribution in [0.15, 0.2) is 182 Å². The van der Waals surface area contributed by atoms with E-state index in [1.807, 2.05) is 147 Å². The van der Waals surface area contributed by atoms with E-state index in [1.54, 1.807) is 78.9 Å². The number of rotatable bonds is 36. The minimum Gasteiger partial charge on any atom is -0.508 e. The van der Waals surface area contributed by atoms with E-state index in [0.29, 0.717) is 101 Å². The molecule has 0 aliphatic heterocycles. The summed E-state index contributed by atoms with van der Waals surface area (Å²) in [6.07, 6.45) is 9.26. The number of aliphatic hydroxyl groups is 5. The smallest absolute Gasteiger partial charge is 0.316 e. The van der Waals surface area contributed by atoms with Gasteiger partial charge < -0.3 is 79.1 Å². The van der Waals surface area contributed by atoms with Crippen molar-refractivity contribution in [3.05, 3.63) is 288 Å². The molecular weight excluding hydrogens is 1720 g/mol. The summed E-state index contributed by atoms with van der Waals surface area (Å²) in [6.45, 7) is 60.2. The highest BCUT2D eigenvalue weighted by Gasteiger charge is 2.29. The van der Waals surface area contributed by atoms with Gasteiger partial charge in [0.15, 0.2) is 0 Å². The zero-order valence-corrected chi connectivity index (χ0v) is 90.3. The van der Waals surface area contributed by atoms with Gasteiger partial charge in [-0.25, -0.2) is 0 Å². The molecular formula is C119H180O18. The molecule has 9 rings (SSSR count). The second-order valence-corrected chi connectivity index (χ2v) is 38.9. The van der Waals surface area contributed by atoms with E-state index in [4.69, 9.17) is 48.5 Å². The predicted molar refractivity (Wildman–Crippen MR) is 565 cm³/mol. The van der Waals surface area contributed by atoms with Gasteiger partial charge in [-0.1, -0.05) is 239 Å². The monoisotopic (exact) mass is 1900 g/mol. The number of aromatic hydroxyl groups is 4. The first-order valence-electron chi connectivity index (χ1n) is 49.4. The van der Waals surface area contributed by atoms with E-state index < -0.39 is 16.6 Å². The second kappa shape index (κ2) is 63.4. The SMILES string of the molecule is CCC(C)(C)C(=O)Oc1ccc(C(C)(C)OC)cc1.CCC(C)c1cc(CO)c(O)c(CO)c1.CCC(C)c1cc(COC)c(O)c(COC)c1.CCC(C)c1ccc(C(C)(C)O)cc1.CCC(C)c1ccc(C(C)(C)OC(C)=O)cc1.CCC(C)c1ccc(C(C)(C)OC)cc1.CCC(C)c1ccc(C(C)O)cc1.CCC(C)c1ccc(O)c(CO)c1.CCC(C)c1ccc(O)c(COC)c1. The van der Waals surface area contributed by atoms with E-state index in [2.05, 4.69) is 185 Å². The van der Waals surface area contributed by atoms with Crippen LogP contribution < -0.4 is 4.74 Å². The Morgan fingerprint density at radius 3 is 0.854 bits per heavy atom. The number of methoxy groups -OCH3 is 5. The molecule has 9 atom stereocenters. The molecule has 0 radical (unpaired) electrons. The van der Waals surface area contributed by atoms with Crippen LogP contribution in [0.5, 0.6) is 28.7 Å². The van der Waals surface area contributed by atoms with Crippen molar-refractivity contribution >= 4 is 11.9 Å². The molecule has 137 heavy (non-hydrogen) atoms. The molecule has 0 heterocycles. The van der Waals surface area contributed by atoms with Crippen LogP contribution in [0, 0.1) is 5.41 Å². The van der Waals surface area contributed by atoms with Gasteiger partial charge in [-0.15, -0.1) is 0 Å². The average molecular weight is 1900 g/mol. The van der Waals surface area contributed by atoms with Crippen LogP contribution in [0.1, 0.15) is 418 Å². The van der Waals surface area contributed by atoms with Crippen LogP contribution in [0.25, 0.3) is 0 Å². The molecule has 0 amide bonds. The Labute approximate surface area is 827 Å². The van der Waals surface area contributed by atoms with Gasteiger partial charge >= 0.3 is 11.9 Å². The molecule has 0 spiro atoms. The van der Waals surface area contributed by atoms with E-state index in [1.165, 1.54) is 57.9 Å². The largest absolute Gasteiger partial charge is 0.508 e. The van der Waals surface area contributed by atoms with E-state index in [0.717, 1.165) is 95.9 Å². The number of hydrogen-bond acceptors (Lipinski definition) is 18. The van der Waals surface area contributed by atoms with Gasteiger partial charge in [0.1, 0.15) is 34.3 Å². The highest BCUT2D eigenvalue weighted by molar-refractivity contribution is 5.78. The van der Waals surface area contributed by atoms with Crippen LogP contribution in [0.4, 0.5) is 0 Å². The molecule has 764 valence electrons. The number of phenols is 4. The maximum absolute atomic E-state index is 12.0. The summed E-state index contributed by atoms with van der Waals surface area (Å²) in [4.78, 5) is 23.0. The average Bonchev–Trinajstić information content (AvgIpc) is 0.828. The summed E-state index contributed by atoms with van der Waals surface area (Å²) in [5, 5.41) is 84.8. The van der Waals surface area contributed by atoms with Crippen molar-refractivity contribution in [2.45, 2.75) is 374 Å². The van der Waals surface area contributed by atoms with Crippen molar-refractivity contribution in [2.24, 2.45) is 5.41 Å². The fourth-order valence-corrected chi connectivity index (χ4v) is 13.7. The number of esters is 2. The standard InChI is InChI=1S/C16H24O3.C15H22O2.C14H22O3.C14H22O.C13H20O.C12H18O3.C12H18O2.C12H18O.C11H16O2/c1-7-15(2,3)14(17)19-13-10-8-12(9-11-13)16(4,5)18-6;1-6-11(2)13-7-9-14(10-8-13)15(4,5)17-12(3)16;1-5-10(2)11-6-12(8-16-3)14(15)13(7-11)9-17-4;1-6-11(2)12-7-9-13(10-8-12)14(3,4)15-5;1-5-10(2)11-6-8-12(9-7-11)13(3,4)14;1-3-8(2)9-4-10(6-13)12(15)11(5-9)7-14;1-4-9(2)10-5-6-12(13)11(7-10)8-14-3;1-4-9(2)11-5-7-12(8-6-11)10(3)13;1-3-8(2)9-4-5-11(13)10(6-9)7-12/h8-11H,7H2,1-6H3;7-11H,6H2,1-5H3;6-7,10,15H,5,8-9H2,1-4H3;7-11H,6H2,1-5H3;6-10,14H,5H2,1-4H3;4-5,8,13-15H,3,6-7H2,1-2H3;5-7,9,13H,4,8H2,1-3H3;5-10,13H,4H2,1-3H3;4-6,8,12-13H,3,7H2,1-2H3. The van der Waals surface area contributed by atoms with Crippen molar-refractivity contribution in [3.8, 4) is 28.7 Å². The Morgan fingerprint density at radius 1 is 0.314 bits per heavy atom. The van der Waals surface area contributed by atoms with Crippen LogP contribution >= 0.6 is 0 Å². The molecule has 18 heteroatoms. The first-order valence-corrected chi connectivity index (χ1v) is 49.4. The predicted octanol–water partition coefficient (Wildman–Crippen LogP) is 29.2. The van der Waals surface area contributed by atoms with Crippen molar-refractivity contribution in [3.63, 3.8) is 0 Å². The molecule has 0 fully saturated rings. The maximum atomic E-state index is 12.0. The molecule has 0 saturated heterocycles. The zero-order chi connectivity index (χ0) is 104. The molecule has 0 aliphatic carbocycles. The molecule has 9 N–H and O–H groups in total. The van der Waals surface area contributed by atoms with Crippen molar-refractivity contribution in [2.75, 3.05) is 35.5 Å². The lowest BCUT2D eigenvalue weighted by atomic mass is 9.91. The fraction of sp³-hybridized carbons (Fsp3) is 0.529. The summed E-state index contributed by atoms with van der Waals surface area (Å²) in [5.74, 6) is 5.19. The molecule has 18 nitrogen and oxygen atoms in total. The number of hydrogen-bond donors (Lipinski definition) is 9. The number of carbonyl (C=O) groups excluding carboxylic acids is 2. The van der Waals surface area contributed by atoms with Crippen LogP contribution in [-0.2, 0) is 100 Å². The van der Waals surface area contributed by atoms with Gasteiger partial charge in [-0.2, -0.15) is 0 Å². The highest BCUT2D eigenvalue weighted by Crippen LogP contribution is 2.37. The molecule has 0 bridgehead atoms.